The fourth-order valence-corrected chi connectivity index (χ4v) is 3.64. The number of para-hydroxylation sites is 1. The van der Waals surface area contributed by atoms with Crippen LogP contribution in [0.1, 0.15) is 56.7 Å². The van der Waals surface area contributed by atoms with Crippen molar-refractivity contribution in [3.63, 3.8) is 0 Å². The largest absolute Gasteiger partial charge is 0.490 e. The molecule has 37 heavy (non-hydrogen) atoms. The Bertz CT molecular complexity index is 956. The van der Waals surface area contributed by atoms with E-state index in [2.05, 4.69) is 81.9 Å². The SMILES string of the molecule is C.C=CCOCC(COc1ccccc1C(C)c1ccccc1)OCCOC.CC(C)c1ccccc1. The topological polar surface area (TPSA) is 36.9 Å². The smallest absolute Gasteiger partial charge is 0.123 e. The number of ether oxygens (including phenoxy) is 4. The lowest BCUT2D eigenvalue weighted by molar-refractivity contribution is -0.0462. The first-order valence-electron chi connectivity index (χ1n) is 12.7. The van der Waals surface area contributed by atoms with Crippen molar-refractivity contribution in [2.45, 2.75) is 46.1 Å². The predicted molar refractivity (Wildman–Crippen MR) is 156 cm³/mol. The minimum atomic E-state index is -0.166. The van der Waals surface area contributed by atoms with E-state index < -0.39 is 0 Å². The van der Waals surface area contributed by atoms with Crippen molar-refractivity contribution in [2.24, 2.45) is 0 Å². The van der Waals surface area contributed by atoms with Crippen LogP contribution in [0.2, 0.25) is 0 Å². The molecule has 0 bridgehead atoms. The summed E-state index contributed by atoms with van der Waals surface area (Å²) >= 11 is 0. The maximum Gasteiger partial charge on any atom is 0.123 e. The molecule has 2 unspecified atom stereocenters. The third-order valence-corrected chi connectivity index (χ3v) is 5.76. The zero-order chi connectivity index (χ0) is 26.0. The van der Waals surface area contributed by atoms with Gasteiger partial charge in [0, 0.05) is 18.6 Å². The average Bonchev–Trinajstić information content (AvgIpc) is 2.92. The fourth-order valence-electron chi connectivity index (χ4n) is 3.64. The van der Waals surface area contributed by atoms with Crippen LogP contribution in [0.25, 0.3) is 0 Å². The van der Waals surface area contributed by atoms with Crippen molar-refractivity contribution >= 4 is 0 Å². The molecule has 0 aliphatic carbocycles. The highest BCUT2D eigenvalue weighted by atomic mass is 16.6. The van der Waals surface area contributed by atoms with Crippen LogP contribution in [-0.4, -0.2) is 46.2 Å². The van der Waals surface area contributed by atoms with Crippen molar-refractivity contribution in [3.8, 4) is 5.75 Å². The molecule has 0 N–H and O–H groups in total. The molecule has 0 amide bonds. The minimum absolute atomic E-state index is 0. The van der Waals surface area contributed by atoms with Crippen LogP contribution in [0.15, 0.2) is 97.6 Å². The van der Waals surface area contributed by atoms with Crippen molar-refractivity contribution in [1.82, 2.24) is 0 Å². The van der Waals surface area contributed by atoms with E-state index in [0.717, 1.165) is 11.3 Å². The molecular formula is C33H46O4. The Kier molecular flexibility index (Phi) is 16.7. The third kappa shape index (κ3) is 12.2. The van der Waals surface area contributed by atoms with Gasteiger partial charge in [0.1, 0.15) is 18.5 Å². The van der Waals surface area contributed by atoms with Gasteiger partial charge in [-0.1, -0.05) is 113 Å². The van der Waals surface area contributed by atoms with Crippen molar-refractivity contribution in [3.05, 3.63) is 114 Å². The fraction of sp³-hybridized carbons (Fsp3) is 0.394. The quantitative estimate of drug-likeness (QED) is 0.164. The molecule has 3 rings (SSSR count). The summed E-state index contributed by atoms with van der Waals surface area (Å²) < 4.78 is 22.6. The lowest BCUT2D eigenvalue weighted by Gasteiger charge is -2.21. The van der Waals surface area contributed by atoms with Crippen LogP contribution >= 0.6 is 0 Å². The second-order valence-electron chi connectivity index (χ2n) is 8.86. The van der Waals surface area contributed by atoms with Crippen LogP contribution in [-0.2, 0) is 14.2 Å². The molecule has 2 atom stereocenters. The summed E-state index contributed by atoms with van der Waals surface area (Å²) in [5.74, 6) is 1.77. The summed E-state index contributed by atoms with van der Waals surface area (Å²) in [6.45, 7) is 12.7. The highest BCUT2D eigenvalue weighted by Crippen LogP contribution is 2.31. The molecule has 0 aliphatic rings. The van der Waals surface area contributed by atoms with Gasteiger partial charge in [-0.2, -0.15) is 0 Å². The van der Waals surface area contributed by atoms with Gasteiger partial charge in [0.15, 0.2) is 0 Å². The van der Waals surface area contributed by atoms with E-state index in [1.807, 2.05) is 30.3 Å². The lowest BCUT2D eigenvalue weighted by Crippen LogP contribution is -2.29. The number of rotatable bonds is 14. The Morgan fingerprint density at radius 3 is 1.92 bits per heavy atom. The van der Waals surface area contributed by atoms with E-state index in [0.29, 0.717) is 39.0 Å². The summed E-state index contributed by atoms with van der Waals surface area (Å²) in [6, 6.07) is 29.1. The molecular weight excluding hydrogens is 460 g/mol. The maximum atomic E-state index is 6.13. The van der Waals surface area contributed by atoms with Gasteiger partial charge in [0.25, 0.3) is 0 Å². The number of methoxy groups -OCH3 is 1. The van der Waals surface area contributed by atoms with Crippen LogP contribution < -0.4 is 4.74 Å². The van der Waals surface area contributed by atoms with E-state index in [9.17, 15) is 0 Å². The number of hydrogen-bond donors (Lipinski definition) is 0. The first kappa shape index (κ1) is 32.1. The minimum Gasteiger partial charge on any atom is -0.490 e. The van der Waals surface area contributed by atoms with Gasteiger partial charge in [0.05, 0.1) is 26.4 Å². The lowest BCUT2D eigenvalue weighted by atomic mass is 9.92. The Morgan fingerprint density at radius 1 is 0.757 bits per heavy atom. The van der Waals surface area contributed by atoms with Crippen molar-refractivity contribution < 1.29 is 18.9 Å². The summed E-state index contributed by atoms with van der Waals surface area (Å²) in [6.07, 6.45) is 1.56. The van der Waals surface area contributed by atoms with E-state index in [1.54, 1.807) is 13.2 Å². The van der Waals surface area contributed by atoms with E-state index in [-0.39, 0.29) is 19.4 Å². The van der Waals surface area contributed by atoms with E-state index in [4.69, 9.17) is 18.9 Å². The third-order valence-electron chi connectivity index (χ3n) is 5.76. The summed E-state index contributed by atoms with van der Waals surface area (Å²) in [5.41, 5.74) is 3.83. The van der Waals surface area contributed by atoms with Gasteiger partial charge in [-0.05, 0) is 23.1 Å². The molecule has 202 valence electrons. The van der Waals surface area contributed by atoms with Crippen LogP contribution in [0.3, 0.4) is 0 Å². The highest BCUT2D eigenvalue weighted by molar-refractivity contribution is 5.41. The van der Waals surface area contributed by atoms with Crippen LogP contribution in [0.4, 0.5) is 0 Å². The zero-order valence-electron chi connectivity index (χ0n) is 22.3. The summed E-state index contributed by atoms with van der Waals surface area (Å²) in [4.78, 5) is 0. The Balaban J connectivity index is 0.000000577. The Labute approximate surface area is 225 Å². The van der Waals surface area contributed by atoms with Gasteiger partial charge < -0.3 is 18.9 Å². The van der Waals surface area contributed by atoms with Gasteiger partial charge in [0.2, 0.25) is 0 Å². The van der Waals surface area contributed by atoms with E-state index >= 15 is 0 Å². The monoisotopic (exact) mass is 506 g/mol. The van der Waals surface area contributed by atoms with Crippen molar-refractivity contribution in [2.75, 3.05) is 40.1 Å². The molecule has 0 spiro atoms. The van der Waals surface area contributed by atoms with E-state index in [1.165, 1.54) is 11.1 Å². The molecule has 0 fully saturated rings. The average molecular weight is 507 g/mol. The van der Waals surface area contributed by atoms with Crippen molar-refractivity contribution in [1.29, 1.82) is 0 Å². The normalized spacial score (nSPS) is 12.0. The van der Waals surface area contributed by atoms with Crippen LogP contribution in [0, 0.1) is 0 Å². The second-order valence-corrected chi connectivity index (χ2v) is 8.86. The molecule has 4 nitrogen and oxygen atoms in total. The molecule has 0 heterocycles. The Hall–Kier alpha value is -2.92. The molecule has 4 heteroatoms. The second kappa shape index (κ2) is 19.2. The predicted octanol–water partition coefficient (Wildman–Crippen LogP) is 7.90. The number of hydrogen-bond acceptors (Lipinski definition) is 4. The van der Waals surface area contributed by atoms with Crippen LogP contribution in [0.5, 0.6) is 5.75 Å². The van der Waals surface area contributed by atoms with Gasteiger partial charge in [-0.3, -0.25) is 0 Å². The molecule has 0 aliphatic heterocycles. The molecule has 0 aromatic heterocycles. The van der Waals surface area contributed by atoms with Gasteiger partial charge in [-0.25, -0.2) is 0 Å². The zero-order valence-corrected chi connectivity index (χ0v) is 22.3. The highest BCUT2D eigenvalue weighted by Gasteiger charge is 2.16. The molecule has 3 aromatic rings. The molecule has 3 aromatic carbocycles. The molecule has 0 saturated heterocycles. The molecule has 0 radical (unpaired) electrons. The maximum absolute atomic E-state index is 6.13. The van der Waals surface area contributed by atoms with Gasteiger partial charge >= 0.3 is 0 Å². The summed E-state index contributed by atoms with van der Waals surface area (Å²) in [7, 11) is 1.66. The standard InChI is InChI=1S/C23H30O4.C9H12.CH4/c1-4-14-25-17-21(26-16-15-24-3)18-27-23-13-9-8-12-22(23)19(2)20-10-6-5-7-11-20;1-8(2)9-6-4-3-5-7-9;/h4-13,19,21H,1,14-18H2,2-3H3;3-8H,1-2H3;1H4. The first-order valence-corrected chi connectivity index (χ1v) is 12.7. The molecule has 0 saturated carbocycles. The first-order chi connectivity index (χ1) is 17.6. The number of benzene rings is 3. The Morgan fingerprint density at radius 2 is 1.35 bits per heavy atom. The summed E-state index contributed by atoms with van der Waals surface area (Å²) in [5, 5.41) is 0. The van der Waals surface area contributed by atoms with Gasteiger partial charge in [-0.15, -0.1) is 6.58 Å².